The molecule has 160 valence electrons. The summed E-state index contributed by atoms with van der Waals surface area (Å²) >= 11 is 0. The molecule has 0 aromatic heterocycles. The smallest absolute Gasteiger partial charge is 0.126 e. The molecule has 0 spiro atoms. The van der Waals surface area contributed by atoms with E-state index in [4.69, 9.17) is 4.74 Å². The summed E-state index contributed by atoms with van der Waals surface area (Å²) in [6.07, 6.45) is 0. The van der Waals surface area contributed by atoms with E-state index in [-0.39, 0.29) is 5.92 Å². The monoisotopic (exact) mass is 419 g/mol. The number of fused-ring (bicyclic) bond motifs is 1. The maximum Gasteiger partial charge on any atom is 0.126 e. The lowest BCUT2D eigenvalue weighted by atomic mass is 9.86. The van der Waals surface area contributed by atoms with Gasteiger partial charge in [0.2, 0.25) is 0 Å². The standard InChI is InChI=1S/C30H29NO/c1-20-21(2)30-28(22(3)29(20)31-18-23-10-6-4-7-11-23)27(19-32-30)26-16-14-25(15-17-26)24-12-8-5-9-13-24/h4-17,27,31H,18-19H2,1-3H3. The van der Waals surface area contributed by atoms with E-state index in [1.165, 1.54) is 50.2 Å². The van der Waals surface area contributed by atoms with Crippen molar-refractivity contribution in [1.29, 1.82) is 0 Å². The molecule has 1 aliphatic rings. The average Bonchev–Trinajstić information content (AvgIpc) is 3.30. The van der Waals surface area contributed by atoms with Crippen LogP contribution in [0.15, 0.2) is 84.9 Å². The van der Waals surface area contributed by atoms with Crippen LogP contribution in [0, 0.1) is 20.8 Å². The maximum atomic E-state index is 6.26. The Morgan fingerprint density at radius 2 is 1.34 bits per heavy atom. The highest BCUT2D eigenvalue weighted by Crippen LogP contribution is 2.47. The summed E-state index contributed by atoms with van der Waals surface area (Å²) in [4.78, 5) is 0. The third-order valence-corrected chi connectivity index (χ3v) is 6.78. The average molecular weight is 420 g/mol. The highest BCUT2D eigenvalue weighted by Gasteiger charge is 2.31. The summed E-state index contributed by atoms with van der Waals surface area (Å²) in [6.45, 7) is 8.13. The van der Waals surface area contributed by atoms with Crippen molar-refractivity contribution in [3.05, 3.63) is 118 Å². The normalized spacial score (nSPS) is 14.7. The van der Waals surface area contributed by atoms with E-state index in [2.05, 4.69) is 111 Å². The van der Waals surface area contributed by atoms with Crippen LogP contribution in [0.2, 0.25) is 0 Å². The Balaban J connectivity index is 1.48. The maximum absolute atomic E-state index is 6.26. The van der Waals surface area contributed by atoms with Crippen molar-refractivity contribution in [2.45, 2.75) is 33.2 Å². The van der Waals surface area contributed by atoms with Crippen LogP contribution in [-0.2, 0) is 6.54 Å². The van der Waals surface area contributed by atoms with Crippen molar-refractivity contribution in [3.8, 4) is 16.9 Å². The molecule has 0 radical (unpaired) electrons. The molecule has 4 aromatic rings. The number of hydrogen-bond acceptors (Lipinski definition) is 2. The van der Waals surface area contributed by atoms with Crippen molar-refractivity contribution in [3.63, 3.8) is 0 Å². The zero-order chi connectivity index (χ0) is 22.1. The molecule has 1 aliphatic heterocycles. The summed E-state index contributed by atoms with van der Waals surface area (Å²) in [5.41, 5.74) is 11.5. The van der Waals surface area contributed by atoms with Crippen LogP contribution in [0.3, 0.4) is 0 Å². The molecule has 0 amide bonds. The van der Waals surface area contributed by atoms with E-state index in [0.717, 1.165) is 12.3 Å². The zero-order valence-electron chi connectivity index (χ0n) is 19.0. The minimum Gasteiger partial charge on any atom is -0.492 e. The van der Waals surface area contributed by atoms with Gasteiger partial charge in [-0.1, -0.05) is 84.9 Å². The summed E-state index contributed by atoms with van der Waals surface area (Å²) in [5.74, 6) is 1.33. The fraction of sp³-hybridized carbons (Fsp3) is 0.200. The molecule has 1 atom stereocenters. The predicted octanol–water partition coefficient (Wildman–Crippen LogP) is 7.42. The van der Waals surface area contributed by atoms with Crippen LogP contribution in [0.1, 0.15) is 39.3 Å². The third-order valence-electron chi connectivity index (χ3n) is 6.78. The van der Waals surface area contributed by atoms with Gasteiger partial charge in [0.25, 0.3) is 0 Å². The minimum atomic E-state index is 0.256. The van der Waals surface area contributed by atoms with Gasteiger partial charge in [-0.25, -0.2) is 0 Å². The molecule has 1 heterocycles. The molecule has 0 aliphatic carbocycles. The number of anilines is 1. The second-order valence-electron chi connectivity index (χ2n) is 8.68. The Kier molecular flexibility index (Phi) is 5.45. The molecule has 32 heavy (non-hydrogen) atoms. The van der Waals surface area contributed by atoms with Crippen LogP contribution in [0.25, 0.3) is 11.1 Å². The number of rotatable bonds is 5. The van der Waals surface area contributed by atoms with E-state index < -0.39 is 0 Å². The molecule has 1 unspecified atom stereocenters. The first kappa shape index (κ1) is 20.4. The van der Waals surface area contributed by atoms with Gasteiger partial charge in [-0.05, 0) is 59.7 Å². The highest BCUT2D eigenvalue weighted by atomic mass is 16.5. The number of nitrogens with one attached hydrogen (secondary N) is 1. The van der Waals surface area contributed by atoms with Crippen LogP contribution < -0.4 is 10.1 Å². The first-order valence-electron chi connectivity index (χ1n) is 11.3. The lowest BCUT2D eigenvalue weighted by Crippen LogP contribution is -2.08. The van der Waals surface area contributed by atoms with Gasteiger partial charge in [0.1, 0.15) is 5.75 Å². The van der Waals surface area contributed by atoms with E-state index >= 15 is 0 Å². The Hall–Kier alpha value is -3.52. The zero-order valence-corrected chi connectivity index (χ0v) is 19.0. The molecular weight excluding hydrogens is 390 g/mol. The van der Waals surface area contributed by atoms with Crippen molar-refractivity contribution < 1.29 is 4.74 Å². The summed E-state index contributed by atoms with van der Waals surface area (Å²) in [7, 11) is 0. The summed E-state index contributed by atoms with van der Waals surface area (Å²) in [6, 6.07) is 30.1. The number of ether oxygens (including phenoxy) is 1. The van der Waals surface area contributed by atoms with Gasteiger partial charge >= 0.3 is 0 Å². The van der Waals surface area contributed by atoms with Gasteiger partial charge in [-0.15, -0.1) is 0 Å². The molecule has 0 fully saturated rings. The third kappa shape index (κ3) is 3.67. The second kappa shape index (κ2) is 8.55. The first-order valence-corrected chi connectivity index (χ1v) is 11.3. The van der Waals surface area contributed by atoms with Crippen LogP contribution in [0.4, 0.5) is 5.69 Å². The van der Waals surface area contributed by atoms with Crippen molar-refractivity contribution in [2.24, 2.45) is 0 Å². The molecule has 4 aromatic carbocycles. The van der Waals surface area contributed by atoms with Gasteiger partial charge in [-0.2, -0.15) is 0 Å². The van der Waals surface area contributed by atoms with E-state index in [0.29, 0.717) is 6.61 Å². The Morgan fingerprint density at radius 1 is 0.719 bits per heavy atom. The predicted molar refractivity (Wildman–Crippen MR) is 134 cm³/mol. The quantitative estimate of drug-likeness (QED) is 0.363. The van der Waals surface area contributed by atoms with E-state index in [1.54, 1.807) is 0 Å². The van der Waals surface area contributed by atoms with Crippen molar-refractivity contribution >= 4 is 5.69 Å². The lowest BCUT2D eigenvalue weighted by molar-refractivity contribution is 0.341. The number of hydrogen-bond donors (Lipinski definition) is 1. The molecule has 1 N–H and O–H groups in total. The fourth-order valence-electron chi connectivity index (χ4n) is 4.85. The van der Waals surface area contributed by atoms with Gasteiger partial charge in [0, 0.05) is 23.7 Å². The summed E-state index contributed by atoms with van der Waals surface area (Å²) in [5, 5.41) is 3.72. The Bertz CT molecular complexity index is 1230. The molecule has 2 heteroatoms. The van der Waals surface area contributed by atoms with Crippen LogP contribution >= 0.6 is 0 Å². The lowest BCUT2D eigenvalue weighted by Gasteiger charge is -2.21. The molecule has 0 saturated carbocycles. The SMILES string of the molecule is Cc1c(C)c2c(c(C)c1NCc1ccccc1)C(c1ccc(-c3ccccc3)cc1)CO2. The molecule has 5 rings (SSSR count). The van der Waals surface area contributed by atoms with Gasteiger partial charge in [0.15, 0.2) is 0 Å². The van der Waals surface area contributed by atoms with Gasteiger partial charge in [0.05, 0.1) is 6.61 Å². The Morgan fingerprint density at radius 3 is 2.03 bits per heavy atom. The van der Waals surface area contributed by atoms with Gasteiger partial charge in [-0.3, -0.25) is 0 Å². The van der Waals surface area contributed by atoms with Crippen LogP contribution in [0.5, 0.6) is 5.75 Å². The molecule has 2 nitrogen and oxygen atoms in total. The Labute approximate surface area is 190 Å². The molecule has 0 bridgehead atoms. The van der Waals surface area contributed by atoms with Gasteiger partial charge < -0.3 is 10.1 Å². The van der Waals surface area contributed by atoms with E-state index in [1.807, 2.05) is 0 Å². The topological polar surface area (TPSA) is 21.3 Å². The minimum absolute atomic E-state index is 0.256. The van der Waals surface area contributed by atoms with Crippen molar-refractivity contribution in [1.82, 2.24) is 0 Å². The van der Waals surface area contributed by atoms with Crippen molar-refractivity contribution in [2.75, 3.05) is 11.9 Å². The second-order valence-corrected chi connectivity index (χ2v) is 8.68. The first-order chi connectivity index (χ1) is 15.6. The van der Waals surface area contributed by atoms with E-state index in [9.17, 15) is 0 Å². The highest BCUT2D eigenvalue weighted by molar-refractivity contribution is 5.71. The number of benzene rings is 4. The summed E-state index contributed by atoms with van der Waals surface area (Å²) < 4.78 is 6.26. The van der Waals surface area contributed by atoms with Crippen LogP contribution in [-0.4, -0.2) is 6.61 Å². The molecular formula is C30H29NO. The largest absolute Gasteiger partial charge is 0.492 e. The fourth-order valence-corrected chi connectivity index (χ4v) is 4.85. The molecule has 0 saturated heterocycles.